The number of hydrogen-bond donors (Lipinski definition) is 1. The maximum absolute atomic E-state index is 13.1. The number of halogens is 1. The van der Waals surface area contributed by atoms with Crippen LogP contribution in [0.5, 0.6) is 5.75 Å². The second-order valence-corrected chi connectivity index (χ2v) is 7.89. The van der Waals surface area contributed by atoms with Gasteiger partial charge in [-0.15, -0.1) is 0 Å². The van der Waals surface area contributed by atoms with Crippen molar-refractivity contribution in [3.05, 3.63) is 65.7 Å². The van der Waals surface area contributed by atoms with E-state index in [0.29, 0.717) is 40.7 Å². The highest BCUT2D eigenvalue weighted by atomic mass is 35.5. The first-order valence-electron chi connectivity index (χ1n) is 9.92. The summed E-state index contributed by atoms with van der Waals surface area (Å²) >= 11 is 5.98. The minimum Gasteiger partial charge on any atom is -0.495 e. The van der Waals surface area contributed by atoms with Crippen molar-refractivity contribution in [1.82, 2.24) is 0 Å². The SMILES string of the molecule is COc1cc2c(cc1N1CCC(C(=O)Nc3cccc(Cl)c3)C1=O)oc1ccccc12. The van der Waals surface area contributed by atoms with Crippen molar-refractivity contribution < 1.29 is 18.7 Å². The van der Waals surface area contributed by atoms with Crippen LogP contribution in [0.1, 0.15) is 6.42 Å². The summed E-state index contributed by atoms with van der Waals surface area (Å²) in [5, 5.41) is 5.19. The van der Waals surface area contributed by atoms with E-state index in [9.17, 15) is 9.59 Å². The second-order valence-electron chi connectivity index (χ2n) is 7.45. The zero-order valence-electron chi connectivity index (χ0n) is 16.7. The summed E-state index contributed by atoms with van der Waals surface area (Å²) in [6, 6.07) is 18.3. The number of carbonyl (C=O) groups excluding carboxylic acids is 2. The van der Waals surface area contributed by atoms with Gasteiger partial charge < -0.3 is 19.4 Å². The van der Waals surface area contributed by atoms with Gasteiger partial charge in [0.05, 0.1) is 12.8 Å². The number of para-hydroxylation sites is 1. The molecule has 0 saturated carbocycles. The Bertz CT molecular complexity index is 1330. The van der Waals surface area contributed by atoms with Crippen LogP contribution < -0.4 is 15.0 Å². The number of benzene rings is 3. The molecule has 1 saturated heterocycles. The van der Waals surface area contributed by atoms with E-state index < -0.39 is 5.92 Å². The Hall–Kier alpha value is -3.51. The lowest BCUT2D eigenvalue weighted by molar-refractivity contribution is -0.129. The lowest BCUT2D eigenvalue weighted by Crippen LogP contribution is -2.33. The van der Waals surface area contributed by atoms with Crippen LogP contribution in [0.25, 0.3) is 21.9 Å². The standard InChI is InChI=1S/C24H19ClN2O4/c1-30-22-12-18-16-7-2-3-8-20(16)31-21(18)13-19(22)27-10-9-17(24(27)29)23(28)26-15-6-4-5-14(25)11-15/h2-8,11-13,17H,9-10H2,1H3,(H,26,28). The molecule has 1 aromatic heterocycles. The van der Waals surface area contributed by atoms with Gasteiger partial charge >= 0.3 is 0 Å². The van der Waals surface area contributed by atoms with Crippen LogP contribution in [-0.2, 0) is 9.59 Å². The zero-order chi connectivity index (χ0) is 21.5. The van der Waals surface area contributed by atoms with E-state index in [-0.39, 0.29) is 11.8 Å². The van der Waals surface area contributed by atoms with Gasteiger partial charge in [0.15, 0.2) is 0 Å². The number of amides is 2. The van der Waals surface area contributed by atoms with Gasteiger partial charge in [0.2, 0.25) is 11.8 Å². The van der Waals surface area contributed by atoms with E-state index in [1.165, 1.54) is 0 Å². The molecule has 3 aromatic carbocycles. The molecule has 0 bridgehead atoms. The van der Waals surface area contributed by atoms with E-state index in [4.69, 9.17) is 20.8 Å². The molecule has 156 valence electrons. The van der Waals surface area contributed by atoms with Crippen LogP contribution in [-0.4, -0.2) is 25.5 Å². The van der Waals surface area contributed by atoms with Crippen LogP contribution in [0.4, 0.5) is 11.4 Å². The number of fused-ring (bicyclic) bond motifs is 3. The summed E-state index contributed by atoms with van der Waals surface area (Å²) in [6.07, 6.45) is 0.409. The van der Waals surface area contributed by atoms with Gasteiger partial charge in [-0.25, -0.2) is 0 Å². The molecule has 0 spiro atoms. The van der Waals surface area contributed by atoms with Crippen LogP contribution in [0, 0.1) is 5.92 Å². The molecule has 31 heavy (non-hydrogen) atoms. The number of methoxy groups -OCH3 is 1. The van der Waals surface area contributed by atoms with Crippen molar-refractivity contribution in [3.63, 3.8) is 0 Å². The first kappa shape index (κ1) is 19.5. The number of rotatable bonds is 4. The Balaban J connectivity index is 1.45. The van der Waals surface area contributed by atoms with Gasteiger partial charge in [-0.1, -0.05) is 35.9 Å². The number of nitrogens with one attached hydrogen (secondary N) is 1. The van der Waals surface area contributed by atoms with Gasteiger partial charge in [0, 0.05) is 34.1 Å². The molecule has 1 aliphatic heterocycles. The molecule has 1 atom stereocenters. The highest BCUT2D eigenvalue weighted by molar-refractivity contribution is 6.31. The maximum Gasteiger partial charge on any atom is 0.239 e. The first-order valence-corrected chi connectivity index (χ1v) is 10.3. The molecule has 1 unspecified atom stereocenters. The zero-order valence-corrected chi connectivity index (χ0v) is 17.5. The normalized spacial score (nSPS) is 16.3. The summed E-state index contributed by atoms with van der Waals surface area (Å²) in [4.78, 5) is 27.5. The predicted octanol–water partition coefficient (Wildman–Crippen LogP) is 5.24. The quantitative estimate of drug-likeness (QED) is 0.446. The molecule has 7 heteroatoms. The molecule has 1 aliphatic rings. The van der Waals surface area contributed by atoms with Crippen LogP contribution in [0.15, 0.2) is 65.1 Å². The van der Waals surface area contributed by atoms with E-state index in [2.05, 4.69) is 5.32 Å². The summed E-state index contributed by atoms with van der Waals surface area (Å²) in [5.41, 5.74) is 2.59. The van der Waals surface area contributed by atoms with Gasteiger partial charge in [0.1, 0.15) is 22.8 Å². The number of carbonyl (C=O) groups is 2. The van der Waals surface area contributed by atoms with E-state index in [0.717, 1.165) is 16.4 Å². The molecule has 6 nitrogen and oxygen atoms in total. The highest BCUT2D eigenvalue weighted by Crippen LogP contribution is 2.40. The van der Waals surface area contributed by atoms with Gasteiger partial charge in [0.25, 0.3) is 0 Å². The minimum absolute atomic E-state index is 0.270. The Morgan fingerprint density at radius 1 is 1.10 bits per heavy atom. The molecule has 1 fully saturated rings. The smallest absolute Gasteiger partial charge is 0.239 e. The second kappa shape index (κ2) is 7.63. The van der Waals surface area contributed by atoms with E-state index in [1.807, 2.05) is 36.4 Å². The van der Waals surface area contributed by atoms with Crippen molar-refractivity contribution in [2.45, 2.75) is 6.42 Å². The fourth-order valence-corrected chi connectivity index (χ4v) is 4.26. The molecule has 0 aliphatic carbocycles. The number of ether oxygens (including phenoxy) is 1. The van der Waals surface area contributed by atoms with E-state index in [1.54, 1.807) is 36.3 Å². The molecule has 2 heterocycles. The van der Waals surface area contributed by atoms with Crippen molar-refractivity contribution in [1.29, 1.82) is 0 Å². The first-order chi connectivity index (χ1) is 15.0. The molecule has 0 radical (unpaired) electrons. The highest BCUT2D eigenvalue weighted by Gasteiger charge is 2.39. The Morgan fingerprint density at radius 2 is 1.94 bits per heavy atom. The number of anilines is 2. The number of hydrogen-bond acceptors (Lipinski definition) is 4. The molecule has 4 aromatic rings. The third kappa shape index (κ3) is 3.39. The van der Waals surface area contributed by atoms with Crippen molar-refractivity contribution in [3.8, 4) is 5.75 Å². The topological polar surface area (TPSA) is 71.8 Å². The number of nitrogens with zero attached hydrogens (tertiary/aromatic N) is 1. The van der Waals surface area contributed by atoms with Gasteiger partial charge in [-0.2, -0.15) is 0 Å². The maximum atomic E-state index is 13.1. The average Bonchev–Trinajstić information content (AvgIpc) is 3.32. The lowest BCUT2D eigenvalue weighted by atomic mass is 10.1. The third-order valence-electron chi connectivity index (χ3n) is 5.58. The molecule has 5 rings (SSSR count). The fourth-order valence-electron chi connectivity index (χ4n) is 4.07. The Kier molecular flexibility index (Phi) is 4.79. The van der Waals surface area contributed by atoms with Crippen LogP contribution >= 0.6 is 11.6 Å². The number of furan rings is 1. The summed E-state index contributed by atoms with van der Waals surface area (Å²) in [5.74, 6) is -0.842. The average molecular weight is 435 g/mol. The summed E-state index contributed by atoms with van der Waals surface area (Å²) in [6.45, 7) is 0.411. The lowest BCUT2D eigenvalue weighted by Gasteiger charge is -2.19. The van der Waals surface area contributed by atoms with Gasteiger partial charge in [-0.3, -0.25) is 9.59 Å². The monoisotopic (exact) mass is 434 g/mol. The third-order valence-corrected chi connectivity index (χ3v) is 5.82. The largest absolute Gasteiger partial charge is 0.495 e. The van der Waals surface area contributed by atoms with Crippen molar-refractivity contribution in [2.24, 2.45) is 5.92 Å². The van der Waals surface area contributed by atoms with Crippen LogP contribution in [0.3, 0.4) is 0 Å². The van der Waals surface area contributed by atoms with Crippen molar-refractivity contribution >= 4 is 56.7 Å². The van der Waals surface area contributed by atoms with Crippen LogP contribution in [0.2, 0.25) is 5.02 Å². The van der Waals surface area contributed by atoms with Crippen molar-refractivity contribution in [2.75, 3.05) is 23.9 Å². The van der Waals surface area contributed by atoms with E-state index >= 15 is 0 Å². The summed E-state index contributed by atoms with van der Waals surface area (Å²) in [7, 11) is 1.57. The fraction of sp³-hybridized carbons (Fsp3) is 0.167. The molecule has 1 N–H and O–H groups in total. The Labute approximate surface area is 183 Å². The van der Waals surface area contributed by atoms with Gasteiger partial charge in [-0.05, 0) is 36.8 Å². The molecule has 2 amide bonds. The Morgan fingerprint density at radius 3 is 2.74 bits per heavy atom. The summed E-state index contributed by atoms with van der Waals surface area (Å²) < 4.78 is 11.6. The molecular weight excluding hydrogens is 416 g/mol. The molecular formula is C24H19ClN2O4. The predicted molar refractivity (Wildman–Crippen MR) is 121 cm³/mol. The minimum atomic E-state index is -0.782.